The van der Waals surface area contributed by atoms with Gasteiger partial charge in [0.2, 0.25) is 5.91 Å². The van der Waals surface area contributed by atoms with Crippen molar-refractivity contribution in [2.45, 2.75) is 25.2 Å². The maximum atomic E-state index is 13.3. The van der Waals surface area contributed by atoms with E-state index in [2.05, 4.69) is 20.2 Å². The zero-order valence-electron chi connectivity index (χ0n) is 17.1. The van der Waals surface area contributed by atoms with Crippen molar-refractivity contribution in [2.24, 2.45) is 16.0 Å². The lowest BCUT2D eigenvalue weighted by atomic mass is 10.0. The molecule has 2 aromatic carbocycles. The molecule has 0 unspecified atom stereocenters. The first-order valence-electron chi connectivity index (χ1n) is 9.83. The molecule has 2 N–H and O–H groups in total. The van der Waals surface area contributed by atoms with Gasteiger partial charge in [-0.1, -0.05) is 36.4 Å². The Bertz CT molecular complexity index is 1350. The molecule has 0 bridgehead atoms. The van der Waals surface area contributed by atoms with Crippen LogP contribution in [-0.2, 0) is 16.9 Å². The van der Waals surface area contributed by atoms with E-state index in [1.807, 2.05) is 13.0 Å². The van der Waals surface area contributed by atoms with Crippen molar-refractivity contribution in [1.29, 1.82) is 0 Å². The lowest BCUT2D eigenvalue weighted by molar-refractivity contribution is -0.166. The Morgan fingerprint density at radius 2 is 1.79 bits per heavy atom. The lowest BCUT2D eigenvalue weighted by Crippen LogP contribution is -2.29. The second kappa shape index (κ2) is 6.92. The van der Waals surface area contributed by atoms with E-state index < -0.39 is 17.7 Å². The first-order valence-corrected chi connectivity index (χ1v) is 9.83. The molecule has 0 spiro atoms. The van der Waals surface area contributed by atoms with Gasteiger partial charge in [0.1, 0.15) is 11.5 Å². The van der Waals surface area contributed by atoms with Gasteiger partial charge in [0.15, 0.2) is 5.82 Å². The number of alkyl halides is 3. The fraction of sp³-hybridized carbons (Fsp3) is 0.182. The van der Waals surface area contributed by atoms with Crippen molar-refractivity contribution in [3.63, 3.8) is 0 Å². The summed E-state index contributed by atoms with van der Waals surface area (Å²) in [5.74, 6) is -0.874. The van der Waals surface area contributed by atoms with E-state index >= 15 is 0 Å². The average molecular weight is 452 g/mol. The number of rotatable bonds is 4. The van der Waals surface area contributed by atoms with Crippen LogP contribution in [0.5, 0.6) is 0 Å². The van der Waals surface area contributed by atoms with Crippen LogP contribution in [-0.4, -0.2) is 28.0 Å². The quantitative estimate of drug-likeness (QED) is 0.646. The molecule has 0 radical (unpaired) electrons. The van der Waals surface area contributed by atoms with Crippen molar-refractivity contribution >= 4 is 23.3 Å². The third-order valence-corrected chi connectivity index (χ3v) is 5.51. The van der Waals surface area contributed by atoms with Gasteiger partial charge in [-0.05, 0) is 24.6 Å². The zero-order valence-corrected chi connectivity index (χ0v) is 17.1. The fourth-order valence-electron chi connectivity index (χ4n) is 3.83. The van der Waals surface area contributed by atoms with E-state index in [1.54, 1.807) is 18.2 Å². The van der Waals surface area contributed by atoms with Crippen LogP contribution < -0.4 is 10.6 Å². The number of halogens is 3. The molecule has 166 valence electrons. The highest BCUT2D eigenvalue weighted by molar-refractivity contribution is 6.09. The maximum Gasteiger partial charge on any atom is 0.442 e. The van der Waals surface area contributed by atoms with Gasteiger partial charge < -0.3 is 5.73 Å². The van der Waals surface area contributed by atoms with Crippen LogP contribution in [0.1, 0.15) is 27.2 Å². The molecule has 3 aromatic rings. The fourth-order valence-corrected chi connectivity index (χ4v) is 3.83. The number of carbonyl (C=O) groups is 2. The van der Waals surface area contributed by atoms with E-state index in [1.165, 1.54) is 29.2 Å². The smallest absolute Gasteiger partial charge is 0.364 e. The lowest BCUT2D eigenvalue weighted by Gasteiger charge is -2.18. The molecule has 0 aliphatic carbocycles. The number of aryl methyl sites for hydroxylation is 1. The van der Waals surface area contributed by atoms with Gasteiger partial charge >= 0.3 is 11.8 Å². The van der Waals surface area contributed by atoms with Gasteiger partial charge in [0.25, 0.3) is 5.91 Å². The highest BCUT2D eigenvalue weighted by Crippen LogP contribution is 2.52. The van der Waals surface area contributed by atoms with Crippen molar-refractivity contribution < 1.29 is 22.8 Å². The van der Waals surface area contributed by atoms with Crippen LogP contribution in [0.2, 0.25) is 0 Å². The molecule has 3 heterocycles. The molecular weight excluding hydrogens is 437 g/mol. The summed E-state index contributed by atoms with van der Waals surface area (Å²) in [4.78, 5) is 35.0. The van der Waals surface area contributed by atoms with Gasteiger partial charge in [-0.25, -0.2) is 9.97 Å². The molecule has 1 aromatic heterocycles. The van der Waals surface area contributed by atoms with E-state index in [0.29, 0.717) is 16.8 Å². The SMILES string of the molecule is Cc1cccc(N2C(=O)Cc3c(C(N)=O)nc(-c4ccc(C5(C(F)(F)F)N=N5)cc4)nc32)c1. The van der Waals surface area contributed by atoms with E-state index in [-0.39, 0.29) is 35.2 Å². The summed E-state index contributed by atoms with van der Waals surface area (Å²) in [6.07, 6.45) is -4.75. The molecule has 8 nitrogen and oxygen atoms in total. The largest absolute Gasteiger partial charge is 0.442 e. The molecule has 2 aliphatic rings. The Balaban J connectivity index is 1.60. The van der Waals surface area contributed by atoms with Crippen LogP contribution in [0, 0.1) is 6.92 Å². The van der Waals surface area contributed by atoms with E-state index in [0.717, 1.165) is 5.56 Å². The Morgan fingerprint density at radius 1 is 1.09 bits per heavy atom. The number of amides is 2. The van der Waals surface area contributed by atoms with Gasteiger partial charge in [0, 0.05) is 16.7 Å². The number of aromatic nitrogens is 2. The predicted molar refractivity (Wildman–Crippen MR) is 111 cm³/mol. The Morgan fingerprint density at radius 3 is 2.36 bits per heavy atom. The summed E-state index contributed by atoms with van der Waals surface area (Å²) in [7, 11) is 0. The van der Waals surface area contributed by atoms with E-state index in [4.69, 9.17) is 5.73 Å². The monoisotopic (exact) mass is 452 g/mol. The molecule has 0 saturated carbocycles. The van der Waals surface area contributed by atoms with Gasteiger partial charge in [-0.3, -0.25) is 14.5 Å². The second-order valence-corrected chi connectivity index (χ2v) is 7.75. The number of anilines is 2. The number of carbonyl (C=O) groups excluding carboxylic acids is 2. The van der Waals surface area contributed by atoms with E-state index in [9.17, 15) is 22.8 Å². The summed E-state index contributed by atoms with van der Waals surface area (Å²) in [5.41, 5.74) is 4.85. The molecule has 11 heteroatoms. The molecule has 2 amide bonds. The number of benzene rings is 2. The number of fused-ring (bicyclic) bond motifs is 1. The van der Waals surface area contributed by atoms with Crippen molar-refractivity contribution in [2.75, 3.05) is 4.90 Å². The van der Waals surface area contributed by atoms with Crippen LogP contribution in [0.3, 0.4) is 0 Å². The molecule has 33 heavy (non-hydrogen) atoms. The normalized spacial score (nSPS) is 16.1. The van der Waals surface area contributed by atoms with Crippen molar-refractivity contribution in [3.05, 3.63) is 70.9 Å². The highest BCUT2D eigenvalue weighted by Gasteiger charge is 2.65. The number of nitrogens with zero attached hydrogens (tertiary/aromatic N) is 5. The van der Waals surface area contributed by atoms with Crippen LogP contribution in [0.4, 0.5) is 24.7 Å². The first-order chi connectivity index (χ1) is 15.6. The van der Waals surface area contributed by atoms with Gasteiger partial charge in [-0.15, -0.1) is 10.2 Å². The zero-order chi connectivity index (χ0) is 23.5. The number of hydrogen-bond acceptors (Lipinski definition) is 6. The second-order valence-electron chi connectivity index (χ2n) is 7.75. The van der Waals surface area contributed by atoms with Gasteiger partial charge in [-0.2, -0.15) is 13.2 Å². The molecular formula is C22H15F3N6O2. The number of hydrogen-bond donors (Lipinski definition) is 1. The van der Waals surface area contributed by atoms with Crippen LogP contribution in [0.25, 0.3) is 11.4 Å². The topological polar surface area (TPSA) is 114 Å². The summed E-state index contributed by atoms with van der Waals surface area (Å²) in [6, 6.07) is 12.4. The molecule has 0 saturated heterocycles. The van der Waals surface area contributed by atoms with Crippen molar-refractivity contribution in [3.8, 4) is 11.4 Å². The predicted octanol–water partition coefficient (Wildman–Crippen LogP) is 3.95. The standard InChI is InChI=1S/C22H15F3N6O2/c1-11-3-2-4-14(9-11)31-16(32)10-15-17(18(26)33)27-19(28-20(15)31)12-5-7-13(8-6-12)21(29-30-21)22(23,24)25/h2-9H,10H2,1H3,(H2,26,33). The Kier molecular flexibility index (Phi) is 4.35. The number of primary amides is 1. The van der Waals surface area contributed by atoms with Crippen molar-refractivity contribution in [1.82, 2.24) is 9.97 Å². The summed E-state index contributed by atoms with van der Waals surface area (Å²) in [6.45, 7) is 1.87. The minimum atomic E-state index is -4.65. The first kappa shape index (κ1) is 20.7. The molecule has 5 rings (SSSR count). The third-order valence-electron chi connectivity index (χ3n) is 5.51. The average Bonchev–Trinajstić information content (AvgIpc) is 3.51. The summed E-state index contributed by atoms with van der Waals surface area (Å²) >= 11 is 0. The Hall–Kier alpha value is -4.15. The maximum absolute atomic E-state index is 13.3. The number of nitrogens with two attached hydrogens (primary N) is 1. The third kappa shape index (κ3) is 3.23. The summed E-state index contributed by atoms with van der Waals surface area (Å²) < 4.78 is 39.8. The summed E-state index contributed by atoms with van der Waals surface area (Å²) in [5, 5.41) is 6.37. The molecule has 2 aliphatic heterocycles. The Labute approximate surface area is 185 Å². The molecule has 0 atom stereocenters. The highest BCUT2D eigenvalue weighted by atomic mass is 19.4. The molecule has 0 fully saturated rings. The minimum Gasteiger partial charge on any atom is -0.364 e. The van der Waals surface area contributed by atoms with Crippen LogP contribution in [0.15, 0.2) is 58.8 Å². The minimum absolute atomic E-state index is 0.0483. The van der Waals surface area contributed by atoms with Gasteiger partial charge in [0.05, 0.1) is 12.1 Å². The van der Waals surface area contributed by atoms with Crippen LogP contribution >= 0.6 is 0 Å².